The van der Waals surface area contributed by atoms with Crippen LogP contribution in [0.4, 0.5) is 0 Å². The third-order valence-electron chi connectivity index (χ3n) is 5.03. The van der Waals surface area contributed by atoms with Gasteiger partial charge in [-0.1, -0.05) is 6.07 Å². The summed E-state index contributed by atoms with van der Waals surface area (Å²) in [5, 5.41) is 11.5. The van der Waals surface area contributed by atoms with Gasteiger partial charge in [-0.05, 0) is 54.9 Å². The molecule has 2 heterocycles. The van der Waals surface area contributed by atoms with Gasteiger partial charge in [-0.3, -0.25) is 4.79 Å². The number of aryl methyl sites for hydroxylation is 2. The third kappa shape index (κ3) is 4.31. The van der Waals surface area contributed by atoms with E-state index in [0.29, 0.717) is 17.6 Å². The van der Waals surface area contributed by atoms with Crippen molar-refractivity contribution in [1.29, 1.82) is 0 Å². The van der Waals surface area contributed by atoms with E-state index in [1.807, 2.05) is 13.8 Å². The molecule has 0 atom stereocenters. The molecule has 0 N–H and O–H groups in total. The molecular formula is C19H23N3O5S. The van der Waals surface area contributed by atoms with E-state index in [1.54, 1.807) is 18.2 Å². The van der Waals surface area contributed by atoms with Gasteiger partial charge in [0, 0.05) is 19.2 Å². The number of hydrogen-bond acceptors (Lipinski definition) is 6. The van der Waals surface area contributed by atoms with E-state index in [2.05, 4.69) is 4.98 Å². The molecule has 0 spiro atoms. The van der Waals surface area contributed by atoms with Crippen LogP contribution in [0.1, 0.15) is 29.8 Å². The summed E-state index contributed by atoms with van der Waals surface area (Å²) >= 11 is 0. The van der Waals surface area contributed by atoms with Crippen molar-refractivity contribution in [1.82, 2.24) is 9.29 Å². The smallest absolute Gasteiger partial charge is 0.339 e. The molecule has 0 radical (unpaired) electrons. The van der Waals surface area contributed by atoms with Gasteiger partial charge in [0.2, 0.25) is 10.0 Å². The van der Waals surface area contributed by atoms with Gasteiger partial charge in [0.1, 0.15) is 6.20 Å². The van der Waals surface area contributed by atoms with E-state index in [1.165, 1.54) is 22.8 Å². The number of piperidine rings is 1. The first-order valence-corrected chi connectivity index (χ1v) is 10.5. The van der Waals surface area contributed by atoms with Crippen molar-refractivity contribution < 1.29 is 22.7 Å². The average molecular weight is 405 g/mol. The van der Waals surface area contributed by atoms with Crippen molar-refractivity contribution in [2.75, 3.05) is 13.1 Å². The highest BCUT2D eigenvalue weighted by Crippen LogP contribution is 2.25. The molecule has 150 valence electrons. The molecule has 1 aromatic carbocycles. The molecular weight excluding hydrogens is 382 g/mol. The minimum atomic E-state index is -3.58. The molecule has 1 saturated heterocycles. The fraction of sp³-hybridized carbons (Fsp3) is 0.421. The topological polar surface area (TPSA) is 104 Å². The highest BCUT2D eigenvalue weighted by molar-refractivity contribution is 7.89. The molecule has 0 amide bonds. The Labute approximate surface area is 164 Å². The molecule has 1 fully saturated rings. The first-order chi connectivity index (χ1) is 13.3. The lowest BCUT2D eigenvalue weighted by Crippen LogP contribution is -2.41. The molecule has 0 saturated carbocycles. The number of carbonyl (C=O) groups is 1. The predicted molar refractivity (Wildman–Crippen MR) is 100 cm³/mol. The van der Waals surface area contributed by atoms with Crippen molar-refractivity contribution in [3.63, 3.8) is 0 Å². The predicted octanol–water partition coefficient (Wildman–Crippen LogP) is 1.48. The molecule has 28 heavy (non-hydrogen) atoms. The molecule has 3 rings (SSSR count). The van der Waals surface area contributed by atoms with E-state index in [4.69, 9.17) is 4.74 Å². The number of rotatable bonds is 5. The zero-order valence-corrected chi connectivity index (χ0v) is 16.7. The van der Waals surface area contributed by atoms with Crippen molar-refractivity contribution in [3.8, 4) is 0 Å². The van der Waals surface area contributed by atoms with Crippen LogP contribution in [0.5, 0.6) is 0 Å². The van der Waals surface area contributed by atoms with Crippen LogP contribution in [0.15, 0.2) is 41.6 Å². The van der Waals surface area contributed by atoms with Gasteiger partial charge >= 0.3 is 11.8 Å². The minimum Gasteiger partial charge on any atom is -0.711 e. The van der Waals surface area contributed by atoms with Crippen LogP contribution in [0, 0.1) is 25.0 Å². The van der Waals surface area contributed by atoms with Gasteiger partial charge in [0.25, 0.3) is 0 Å². The van der Waals surface area contributed by atoms with E-state index in [0.717, 1.165) is 11.1 Å². The molecule has 1 aliphatic rings. The summed E-state index contributed by atoms with van der Waals surface area (Å²) in [5.74, 6) is -0.727. The number of carbonyl (C=O) groups excluding carboxylic acids is 1. The second kappa shape index (κ2) is 8.24. The Morgan fingerprint density at radius 1 is 1.29 bits per heavy atom. The van der Waals surface area contributed by atoms with E-state index >= 15 is 0 Å². The molecule has 0 bridgehead atoms. The van der Waals surface area contributed by atoms with Gasteiger partial charge in [-0.2, -0.15) is 4.31 Å². The van der Waals surface area contributed by atoms with E-state index < -0.39 is 21.9 Å². The summed E-state index contributed by atoms with van der Waals surface area (Å²) in [6, 6.07) is 6.58. The summed E-state index contributed by atoms with van der Waals surface area (Å²) in [7, 11) is -3.58. The van der Waals surface area contributed by atoms with Crippen molar-refractivity contribution in [2.24, 2.45) is 5.92 Å². The Hall–Kier alpha value is -2.52. The van der Waals surface area contributed by atoms with Crippen LogP contribution in [0.2, 0.25) is 0 Å². The van der Waals surface area contributed by atoms with Gasteiger partial charge in [0.05, 0.1) is 17.0 Å². The maximum atomic E-state index is 12.8. The zero-order valence-electron chi connectivity index (χ0n) is 15.9. The van der Waals surface area contributed by atoms with Crippen LogP contribution in [-0.4, -0.2) is 36.8 Å². The van der Waals surface area contributed by atoms with Crippen molar-refractivity contribution in [2.45, 2.75) is 38.2 Å². The summed E-state index contributed by atoms with van der Waals surface area (Å²) in [5.41, 5.74) is 1.96. The molecule has 9 heteroatoms. The summed E-state index contributed by atoms with van der Waals surface area (Å²) in [6.45, 7) is 4.11. The standard InChI is InChI=1S/C19H23N3O5S/c1-14-4-5-17(12-15(14)2)28(25,26)21-10-6-16(7-11-21)19(23)27-13-18-20-8-3-9-22(18)24/h3-5,8-9,12,16H,6-7,10-11,13H2,1-2H3. The largest absolute Gasteiger partial charge is 0.711 e. The normalized spacial score (nSPS) is 16.1. The number of benzene rings is 1. The minimum absolute atomic E-state index is 0.102. The Morgan fingerprint density at radius 3 is 2.64 bits per heavy atom. The number of ether oxygens (including phenoxy) is 1. The number of esters is 1. The maximum Gasteiger partial charge on any atom is 0.339 e. The van der Waals surface area contributed by atoms with Gasteiger partial charge in [0.15, 0.2) is 6.61 Å². The fourth-order valence-electron chi connectivity index (χ4n) is 3.10. The second-order valence-electron chi connectivity index (χ2n) is 6.89. The van der Waals surface area contributed by atoms with Crippen molar-refractivity contribution in [3.05, 3.63) is 58.8 Å². The Balaban J connectivity index is 1.58. The molecule has 0 aliphatic carbocycles. The monoisotopic (exact) mass is 405 g/mol. The van der Waals surface area contributed by atoms with Gasteiger partial charge in [-0.25, -0.2) is 13.1 Å². The average Bonchev–Trinajstić information content (AvgIpc) is 2.69. The van der Waals surface area contributed by atoms with Crippen molar-refractivity contribution >= 4 is 16.0 Å². The van der Waals surface area contributed by atoms with E-state index in [9.17, 15) is 18.4 Å². The summed E-state index contributed by atoms with van der Waals surface area (Å²) < 4.78 is 32.8. The SMILES string of the molecule is Cc1ccc(S(=O)(=O)N2CCC(C(=O)OCc3nccc[n+]3[O-])CC2)cc1C. The third-order valence-corrected chi connectivity index (χ3v) is 6.93. The van der Waals surface area contributed by atoms with Gasteiger partial charge < -0.3 is 9.94 Å². The lowest BCUT2D eigenvalue weighted by molar-refractivity contribution is -0.620. The first kappa shape index (κ1) is 20.2. The van der Waals surface area contributed by atoms with Crippen LogP contribution in [0.25, 0.3) is 0 Å². The first-order valence-electron chi connectivity index (χ1n) is 9.06. The van der Waals surface area contributed by atoms with Crippen LogP contribution in [-0.2, 0) is 26.2 Å². The van der Waals surface area contributed by atoms with Crippen LogP contribution in [0.3, 0.4) is 0 Å². The fourth-order valence-corrected chi connectivity index (χ4v) is 4.65. The Kier molecular flexibility index (Phi) is 5.95. The number of hydrogen-bond donors (Lipinski definition) is 0. The van der Waals surface area contributed by atoms with E-state index in [-0.39, 0.29) is 30.4 Å². The lowest BCUT2D eigenvalue weighted by atomic mass is 9.98. The highest BCUT2D eigenvalue weighted by atomic mass is 32.2. The zero-order chi connectivity index (χ0) is 20.3. The highest BCUT2D eigenvalue weighted by Gasteiger charge is 2.33. The van der Waals surface area contributed by atoms with Crippen LogP contribution < -0.4 is 4.73 Å². The molecule has 2 aromatic rings. The summed E-state index contributed by atoms with van der Waals surface area (Å²) in [4.78, 5) is 16.4. The molecule has 0 unspecified atom stereocenters. The summed E-state index contributed by atoms with van der Waals surface area (Å²) in [6.07, 6.45) is 3.49. The second-order valence-corrected chi connectivity index (χ2v) is 8.83. The number of sulfonamides is 1. The maximum absolute atomic E-state index is 12.8. The Morgan fingerprint density at radius 2 is 2.00 bits per heavy atom. The Bertz CT molecular complexity index is 969. The lowest BCUT2D eigenvalue weighted by Gasteiger charge is -2.30. The molecule has 1 aliphatic heterocycles. The van der Waals surface area contributed by atoms with Crippen LogP contribution >= 0.6 is 0 Å². The van der Waals surface area contributed by atoms with Gasteiger partial charge in [-0.15, -0.1) is 0 Å². The molecule has 1 aromatic heterocycles. The molecule has 8 nitrogen and oxygen atoms in total. The number of aromatic nitrogens is 2. The number of nitrogens with zero attached hydrogens (tertiary/aromatic N) is 3. The quantitative estimate of drug-likeness (QED) is 0.424.